The van der Waals surface area contributed by atoms with Crippen LogP contribution in [-0.4, -0.2) is 64.8 Å². The molecule has 25 heavy (non-hydrogen) atoms. The Bertz CT molecular complexity index is 633. The monoisotopic (exact) mass is 345 g/mol. The van der Waals surface area contributed by atoms with Crippen LogP contribution in [0.1, 0.15) is 37.1 Å². The maximum Gasteiger partial charge on any atom is 0.236 e. The molecule has 1 aromatic heterocycles. The van der Waals surface area contributed by atoms with Gasteiger partial charge >= 0.3 is 0 Å². The highest BCUT2D eigenvalue weighted by molar-refractivity contribution is 5.79. The summed E-state index contributed by atoms with van der Waals surface area (Å²) in [6, 6.07) is 0. The minimum atomic E-state index is 0.0215. The number of nitrogens with one attached hydrogen (secondary N) is 1. The molecule has 1 unspecified atom stereocenters. The van der Waals surface area contributed by atoms with Crippen molar-refractivity contribution in [2.45, 2.75) is 39.2 Å². The summed E-state index contributed by atoms with van der Waals surface area (Å²) in [5.74, 6) is 0.320. The van der Waals surface area contributed by atoms with Gasteiger partial charge in [-0.15, -0.1) is 0 Å². The molecule has 2 saturated heterocycles. The molecule has 2 aliphatic heterocycles. The van der Waals surface area contributed by atoms with Gasteiger partial charge in [0, 0.05) is 37.7 Å². The summed E-state index contributed by atoms with van der Waals surface area (Å²) in [5, 5.41) is 2.94. The molecule has 2 aliphatic rings. The van der Waals surface area contributed by atoms with E-state index in [4.69, 9.17) is 0 Å². The molecule has 0 radical (unpaired) electrons. The molecule has 2 amide bonds. The van der Waals surface area contributed by atoms with E-state index >= 15 is 0 Å². The lowest BCUT2D eigenvalue weighted by Gasteiger charge is -2.48. The Morgan fingerprint density at radius 3 is 2.84 bits per heavy atom. The summed E-state index contributed by atoms with van der Waals surface area (Å²) in [7, 11) is 1.79. The number of piperidine rings is 2. The number of hydrogen-bond donors (Lipinski definition) is 1. The van der Waals surface area contributed by atoms with Crippen LogP contribution < -0.4 is 5.32 Å². The van der Waals surface area contributed by atoms with E-state index < -0.39 is 0 Å². The van der Waals surface area contributed by atoms with Crippen LogP contribution in [-0.2, 0) is 16.1 Å². The fourth-order valence-corrected chi connectivity index (χ4v) is 3.96. The van der Waals surface area contributed by atoms with Gasteiger partial charge < -0.3 is 15.1 Å². The number of likely N-dealkylation sites (tertiary alicyclic amines) is 2. The van der Waals surface area contributed by atoms with Crippen LogP contribution >= 0.6 is 0 Å². The van der Waals surface area contributed by atoms with Gasteiger partial charge in [-0.3, -0.25) is 19.6 Å². The van der Waals surface area contributed by atoms with E-state index in [1.807, 2.05) is 16.7 Å². The zero-order valence-electron chi connectivity index (χ0n) is 15.1. The first-order chi connectivity index (χ1) is 12.0. The average molecular weight is 345 g/mol. The number of aryl methyl sites for hydroxylation is 1. The molecule has 7 heteroatoms. The minimum absolute atomic E-state index is 0.0215. The number of likely N-dealkylation sites (N-methyl/N-ethyl adjacent to an activating group) is 1. The Morgan fingerprint density at radius 1 is 1.28 bits per heavy atom. The predicted octanol–water partition coefficient (Wildman–Crippen LogP) is 0.736. The second-order valence-electron chi connectivity index (χ2n) is 7.35. The van der Waals surface area contributed by atoms with Crippen molar-refractivity contribution in [2.75, 3.05) is 33.2 Å². The second kappa shape index (κ2) is 7.47. The summed E-state index contributed by atoms with van der Waals surface area (Å²) in [4.78, 5) is 37.2. The van der Waals surface area contributed by atoms with Gasteiger partial charge in [-0.25, -0.2) is 0 Å². The van der Waals surface area contributed by atoms with E-state index in [9.17, 15) is 9.59 Å². The molecule has 1 atom stereocenters. The van der Waals surface area contributed by atoms with Gasteiger partial charge in [-0.05, 0) is 33.2 Å². The average Bonchev–Trinajstić information content (AvgIpc) is 2.61. The fourth-order valence-electron chi connectivity index (χ4n) is 3.96. The summed E-state index contributed by atoms with van der Waals surface area (Å²) in [6.07, 6.45) is 6.96. The third-order valence-corrected chi connectivity index (χ3v) is 5.28. The van der Waals surface area contributed by atoms with Crippen molar-refractivity contribution in [1.82, 2.24) is 25.1 Å². The standard InChI is InChI=1S/C18H27N5O2/c1-14-8-21-15(9-20-14)11-23-13-18(6-4-16(23)24)5-3-7-22(12-18)17(25)10-19-2/h8-9,19H,3-7,10-13H2,1-2H3. The van der Waals surface area contributed by atoms with Gasteiger partial charge in [0.1, 0.15) is 0 Å². The van der Waals surface area contributed by atoms with Crippen molar-refractivity contribution in [3.05, 3.63) is 23.8 Å². The smallest absolute Gasteiger partial charge is 0.236 e. The summed E-state index contributed by atoms with van der Waals surface area (Å²) in [6.45, 7) is 5.04. The highest BCUT2D eigenvalue weighted by Gasteiger charge is 2.42. The van der Waals surface area contributed by atoms with Crippen LogP contribution in [0.5, 0.6) is 0 Å². The van der Waals surface area contributed by atoms with Gasteiger partial charge in [0.05, 0.1) is 30.7 Å². The molecule has 2 fully saturated rings. The van der Waals surface area contributed by atoms with Crippen LogP contribution in [0, 0.1) is 12.3 Å². The largest absolute Gasteiger partial charge is 0.341 e. The number of amides is 2. The quantitative estimate of drug-likeness (QED) is 0.871. The number of carbonyl (C=O) groups is 2. The van der Waals surface area contributed by atoms with Crippen LogP contribution in [0.25, 0.3) is 0 Å². The highest BCUT2D eigenvalue weighted by Crippen LogP contribution is 2.39. The lowest BCUT2D eigenvalue weighted by Crippen LogP contribution is -2.55. The van der Waals surface area contributed by atoms with Crippen molar-refractivity contribution in [3.8, 4) is 0 Å². The van der Waals surface area contributed by atoms with E-state index in [0.717, 1.165) is 43.7 Å². The normalized spacial score (nSPS) is 24.0. The molecule has 3 rings (SSSR count). The van der Waals surface area contributed by atoms with E-state index in [1.165, 1.54) is 0 Å². The van der Waals surface area contributed by atoms with E-state index in [2.05, 4.69) is 15.3 Å². The van der Waals surface area contributed by atoms with Gasteiger partial charge in [0.2, 0.25) is 11.8 Å². The Kier molecular flexibility index (Phi) is 5.32. The van der Waals surface area contributed by atoms with Crippen molar-refractivity contribution >= 4 is 11.8 Å². The zero-order valence-corrected chi connectivity index (χ0v) is 15.1. The number of rotatable bonds is 4. The maximum atomic E-state index is 12.4. The Labute approximate surface area is 148 Å². The van der Waals surface area contributed by atoms with Crippen molar-refractivity contribution in [1.29, 1.82) is 0 Å². The van der Waals surface area contributed by atoms with Crippen LogP contribution in [0.15, 0.2) is 12.4 Å². The molecule has 136 valence electrons. The molecule has 3 heterocycles. The first-order valence-electron chi connectivity index (χ1n) is 8.99. The molecule has 7 nitrogen and oxygen atoms in total. The van der Waals surface area contributed by atoms with E-state index in [1.54, 1.807) is 19.4 Å². The van der Waals surface area contributed by atoms with Crippen molar-refractivity contribution in [2.24, 2.45) is 5.41 Å². The molecule has 0 aromatic carbocycles. The number of hydrogen-bond acceptors (Lipinski definition) is 5. The SMILES string of the molecule is CNCC(=O)N1CCCC2(CCC(=O)N(Cc3cnc(C)cn3)C2)C1. The van der Waals surface area contributed by atoms with Gasteiger partial charge in [0.15, 0.2) is 0 Å². The van der Waals surface area contributed by atoms with Crippen LogP contribution in [0.4, 0.5) is 0 Å². The topological polar surface area (TPSA) is 78.4 Å². The molecular weight excluding hydrogens is 318 g/mol. The third-order valence-electron chi connectivity index (χ3n) is 5.28. The second-order valence-corrected chi connectivity index (χ2v) is 7.35. The minimum Gasteiger partial charge on any atom is -0.341 e. The molecule has 1 N–H and O–H groups in total. The molecule has 0 saturated carbocycles. The highest BCUT2D eigenvalue weighted by atomic mass is 16.2. The molecule has 0 aliphatic carbocycles. The number of aromatic nitrogens is 2. The summed E-state index contributed by atoms with van der Waals surface area (Å²) < 4.78 is 0. The zero-order chi connectivity index (χ0) is 17.9. The van der Waals surface area contributed by atoms with E-state index in [0.29, 0.717) is 26.1 Å². The summed E-state index contributed by atoms with van der Waals surface area (Å²) in [5.41, 5.74) is 1.71. The lowest BCUT2D eigenvalue weighted by atomic mass is 9.73. The molecule has 1 aromatic rings. The Hall–Kier alpha value is -2.02. The van der Waals surface area contributed by atoms with Gasteiger partial charge in [0.25, 0.3) is 0 Å². The molecule has 0 bridgehead atoms. The Balaban J connectivity index is 1.69. The van der Waals surface area contributed by atoms with E-state index in [-0.39, 0.29) is 17.2 Å². The maximum absolute atomic E-state index is 12.4. The molecular formula is C18H27N5O2. The van der Waals surface area contributed by atoms with Crippen LogP contribution in [0.3, 0.4) is 0 Å². The fraction of sp³-hybridized carbons (Fsp3) is 0.667. The lowest BCUT2D eigenvalue weighted by molar-refractivity contribution is -0.143. The third kappa shape index (κ3) is 4.15. The summed E-state index contributed by atoms with van der Waals surface area (Å²) >= 11 is 0. The molecule has 1 spiro atoms. The van der Waals surface area contributed by atoms with Crippen molar-refractivity contribution in [3.63, 3.8) is 0 Å². The number of carbonyl (C=O) groups excluding carboxylic acids is 2. The predicted molar refractivity (Wildman–Crippen MR) is 93.6 cm³/mol. The number of nitrogens with zero attached hydrogens (tertiary/aromatic N) is 4. The first kappa shape index (κ1) is 17.8. The van der Waals surface area contributed by atoms with Crippen LogP contribution in [0.2, 0.25) is 0 Å². The van der Waals surface area contributed by atoms with Gasteiger partial charge in [-0.2, -0.15) is 0 Å². The Morgan fingerprint density at radius 2 is 2.12 bits per heavy atom. The van der Waals surface area contributed by atoms with Gasteiger partial charge in [-0.1, -0.05) is 0 Å². The first-order valence-corrected chi connectivity index (χ1v) is 8.99. The van der Waals surface area contributed by atoms with Crippen molar-refractivity contribution < 1.29 is 9.59 Å².